The van der Waals surface area contributed by atoms with E-state index in [1.807, 2.05) is 20.8 Å². The maximum atomic E-state index is 14.9. The van der Waals surface area contributed by atoms with Crippen LogP contribution in [0, 0.1) is 12.7 Å². The smallest absolute Gasteiger partial charge is 0.416 e. The zero-order chi connectivity index (χ0) is 27.8. The van der Waals surface area contributed by atoms with Crippen LogP contribution >= 0.6 is 11.3 Å². The largest absolute Gasteiger partial charge is 0.462 e. The molecule has 0 amide bonds. The summed E-state index contributed by atoms with van der Waals surface area (Å²) < 4.78 is 67.8. The van der Waals surface area contributed by atoms with Crippen molar-refractivity contribution in [3.8, 4) is 5.69 Å². The fraction of sp³-hybridized carbons (Fsp3) is 0.357. The number of aromatic nitrogens is 2. The van der Waals surface area contributed by atoms with Crippen LogP contribution in [0.5, 0.6) is 0 Å². The predicted molar refractivity (Wildman–Crippen MR) is 138 cm³/mol. The minimum atomic E-state index is -4.45. The predicted octanol–water partition coefficient (Wildman–Crippen LogP) is 7.64. The van der Waals surface area contributed by atoms with Crippen LogP contribution in [0.25, 0.3) is 15.8 Å². The summed E-state index contributed by atoms with van der Waals surface area (Å²) in [5, 5.41) is 4.91. The Kier molecular flexibility index (Phi) is 7.67. The van der Waals surface area contributed by atoms with Crippen LogP contribution in [0.2, 0.25) is 0 Å². The van der Waals surface area contributed by atoms with E-state index in [1.165, 1.54) is 23.5 Å². The second kappa shape index (κ2) is 10.5. The number of halogens is 4. The molecule has 0 unspecified atom stereocenters. The number of thiophene rings is 1. The van der Waals surface area contributed by atoms with Crippen LogP contribution < -0.4 is 0 Å². The topological polar surface area (TPSA) is 53.3 Å². The summed E-state index contributed by atoms with van der Waals surface area (Å²) in [6, 6.07) is 9.63. The van der Waals surface area contributed by atoms with Gasteiger partial charge in [0.25, 0.3) is 0 Å². The number of hydrogen-bond acceptors (Lipinski definition) is 5. The van der Waals surface area contributed by atoms with Gasteiger partial charge in [-0.3, -0.25) is 0 Å². The molecule has 0 saturated carbocycles. The van der Waals surface area contributed by atoms with Gasteiger partial charge in [0.15, 0.2) is 0 Å². The first kappa shape index (κ1) is 27.8. The minimum Gasteiger partial charge on any atom is -0.462 e. The fourth-order valence-corrected chi connectivity index (χ4v) is 5.30. The van der Waals surface area contributed by atoms with Gasteiger partial charge in [-0.25, -0.2) is 13.9 Å². The van der Waals surface area contributed by atoms with E-state index in [1.54, 1.807) is 36.7 Å². The van der Waals surface area contributed by atoms with Gasteiger partial charge in [-0.1, -0.05) is 18.2 Å². The summed E-state index contributed by atoms with van der Waals surface area (Å²) in [6.07, 6.45) is -4.25. The average Bonchev–Trinajstić information content (AvgIpc) is 3.38. The van der Waals surface area contributed by atoms with Crippen molar-refractivity contribution in [3.05, 3.63) is 81.2 Å². The number of carbonyl (C=O) groups excluding carboxylic acids is 1. The van der Waals surface area contributed by atoms with Crippen molar-refractivity contribution in [2.75, 3.05) is 6.61 Å². The number of rotatable bonds is 7. The molecule has 0 aliphatic carbocycles. The maximum Gasteiger partial charge on any atom is 0.416 e. The standard InChI is InChI=1S/C28H28F4N2O3S/c1-6-36-26(35)24-16(2)33-34(23(24)15-37-27(3,4)5)22-11-10-21(29)20-14-19(38-25(20)22)13-17-8-7-9-18(12-17)28(30,31)32/h7-12,14H,6,13,15H2,1-5H3. The molecule has 0 saturated heterocycles. The summed E-state index contributed by atoms with van der Waals surface area (Å²) >= 11 is 1.27. The summed E-state index contributed by atoms with van der Waals surface area (Å²) in [5.41, 5.74) is 0.957. The first-order chi connectivity index (χ1) is 17.8. The Labute approximate surface area is 222 Å². The highest BCUT2D eigenvalue weighted by Crippen LogP contribution is 2.36. The van der Waals surface area contributed by atoms with Crippen LogP contribution in [0.3, 0.4) is 0 Å². The number of carbonyl (C=O) groups is 1. The third kappa shape index (κ3) is 5.91. The lowest BCUT2D eigenvalue weighted by molar-refractivity contribution is -0.137. The molecule has 202 valence electrons. The summed E-state index contributed by atoms with van der Waals surface area (Å²) in [5.74, 6) is -0.990. The number of alkyl halides is 3. The van der Waals surface area contributed by atoms with E-state index in [0.29, 0.717) is 37.6 Å². The molecular formula is C28H28F4N2O3S. The molecule has 0 N–H and O–H groups in total. The molecule has 0 aliphatic heterocycles. The van der Waals surface area contributed by atoms with Crippen molar-refractivity contribution >= 4 is 27.4 Å². The molecule has 0 bridgehead atoms. The second-order valence-electron chi connectivity index (χ2n) is 9.84. The minimum absolute atomic E-state index is 0.0554. The van der Waals surface area contributed by atoms with Crippen LogP contribution in [0.4, 0.5) is 17.6 Å². The van der Waals surface area contributed by atoms with Crippen LogP contribution in [0.15, 0.2) is 42.5 Å². The molecule has 0 radical (unpaired) electrons. The van der Waals surface area contributed by atoms with Crippen LogP contribution in [0.1, 0.15) is 65.4 Å². The Morgan fingerprint density at radius 2 is 1.84 bits per heavy atom. The van der Waals surface area contributed by atoms with Crippen molar-refractivity contribution < 1.29 is 31.8 Å². The molecule has 2 aromatic carbocycles. The Morgan fingerprint density at radius 1 is 1.11 bits per heavy atom. The third-order valence-corrected chi connectivity index (χ3v) is 6.96. The van der Waals surface area contributed by atoms with Crippen molar-refractivity contribution in [2.45, 2.75) is 59.4 Å². The van der Waals surface area contributed by atoms with Crippen molar-refractivity contribution in [3.63, 3.8) is 0 Å². The van der Waals surface area contributed by atoms with Crippen molar-refractivity contribution in [1.82, 2.24) is 9.78 Å². The van der Waals surface area contributed by atoms with E-state index in [0.717, 1.165) is 12.1 Å². The van der Waals surface area contributed by atoms with E-state index >= 15 is 0 Å². The summed E-state index contributed by atoms with van der Waals surface area (Å²) in [4.78, 5) is 13.5. The van der Waals surface area contributed by atoms with Gasteiger partial charge in [-0.15, -0.1) is 11.3 Å². The van der Waals surface area contributed by atoms with Gasteiger partial charge in [0, 0.05) is 16.7 Å². The van der Waals surface area contributed by atoms with Gasteiger partial charge in [0.2, 0.25) is 0 Å². The SMILES string of the molecule is CCOC(=O)c1c(C)nn(-c2ccc(F)c3cc(Cc4cccc(C(F)(F)F)c4)sc23)c1COC(C)(C)C. The fourth-order valence-electron chi connectivity index (χ4n) is 4.10. The van der Waals surface area contributed by atoms with E-state index < -0.39 is 29.1 Å². The lowest BCUT2D eigenvalue weighted by Crippen LogP contribution is -2.21. The molecule has 38 heavy (non-hydrogen) atoms. The molecule has 0 aliphatic rings. The molecule has 0 fully saturated rings. The number of aryl methyl sites for hydroxylation is 1. The summed E-state index contributed by atoms with van der Waals surface area (Å²) in [6.45, 7) is 9.31. The lowest BCUT2D eigenvalue weighted by Gasteiger charge is -2.20. The highest BCUT2D eigenvalue weighted by Gasteiger charge is 2.30. The first-order valence-electron chi connectivity index (χ1n) is 12.1. The number of fused-ring (bicyclic) bond motifs is 1. The summed E-state index contributed by atoms with van der Waals surface area (Å²) in [7, 11) is 0. The number of hydrogen-bond donors (Lipinski definition) is 0. The van der Waals surface area contributed by atoms with Gasteiger partial charge in [-0.2, -0.15) is 18.3 Å². The molecule has 2 aromatic heterocycles. The molecule has 4 rings (SSSR count). The van der Waals surface area contributed by atoms with E-state index in [-0.39, 0.29) is 25.2 Å². The molecular weight excluding hydrogens is 520 g/mol. The molecule has 2 heterocycles. The molecule has 10 heteroatoms. The normalized spacial score (nSPS) is 12.3. The van der Waals surface area contributed by atoms with Gasteiger partial charge in [0.05, 0.1) is 46.2 Å². The zero-order valence-electron chi connectivity index (χ0n) is 21.7. The third-order valence-electron chi connectivity index (χ3n) is 5.80. The van der Waals surface area contributed by atoms with E-state index in [4.69, 9.17) is 9.47 Å². The Balaban J connectivity index is 1.82. The van der Waals surface area contributed by atoms with Gasteiger partial charge >= 0.3 is 12.1 Å². The quantitative estimate of drug-likeness (QED) is 0.176. The second-order valence-corrected chi connectivity index (χ2v) is 11.0. The highest BCUT2D eigenvalue weighted by molar-refractivity contribution is 7.19. The van der Waals surface area contributed by atoms with Gasteiger partial charge < -0.3 is 9.47 Å². The number of ether oxygens (including phenoxy) is 2. The molecule has 5 nitrogen and oxygen atoms in total. The average molecular weight is 549 g/mol. The maximum absolute atomic E-state index is 14.9. The lowest BCUT2D eigenvalue weighted by atomic mass is 10.1. The molecule has 0 atom stereocenters. The van der Waals surface area contributed by atoms with E-state index in [9.17, 15) is 22.4 Å². The Bertz CT molecular complexity index is 1480. The number of nitrogens with zero attached hydrogens (tertiary/aromatic N) is 2. The Hall–Kier alpha value is -3.24. The van der Waals surface area contributed by atoms with Gasteiger partial charge in [0.1, 0.15) is 11.4 Å². The molecule has 0 spiro atoms. The van der Waals surface area contributed by atoms with Gasteiger partial charge in [-0.05, 0) is 64.4 Å². The number of esters is 1. The highest BCUT2D eigenvalue weighted by atomic mass is 32.1. The van der Waals surface area contributed by atoms with Crippen molar-refractivity contribution in [1.29, 1.82) is 0 Å². The first-order valence-corrected chi connectivity index (χ1v) is 12.9. The number of benzene rings is 2. The monoisotopic (exact) mass is 548 g/mol. The Morgan fingerprint density at radius 3 is 2.50 bits per heavy atom. The zero-order valence-corrected chi connectivity index (χ0v) is 22.5. The van der Waals surface area contributed by atoms with Crippen LogP contribution in [-0.2, 0) is 28.7 Å². The van der Waals surface area contributed by atoms with E-state index in [2.05, 4.69) is 5.10 Å². The van der Waals surface area contributed by atoms with Crippen LogP contribution in [-0.4, -0.2) is 28.0 Å². The molecule has 4 aromatic rings. The van der Waals surface area contributed by atoms with Crippen molar-refractivity contribution in [2.24, 2.45) is 0 Å².